The van der Waals surface area contributed by atoms with Gasteiger partial charge in [0.1, 0.15) is 0 Å². The van der Waals surface area contributed by atoms with Gasteiger partial charge in [0.25, 0.3) is 0 Å². The minimum absolute atomic E-state index is 0. The second-order valence-corrected chi connectivity index (χ2v) is 43.9. The molecule has 36 bridgehead atoms. The van der Waals surface area contributed by atoms with Gasteiger partial charge in [0, 0.05) is 103 Å². The first kappa shape index (κ1) is 101. The summed E-state index contributed by atoms with van der Waals surface area (Å²) in [5.74, 6) is 1.90. The molecule has 0 spiro atoms. The maximum Gasteiger partial charge on any atom is 0.0161 e. The number of benzene rings is 12. The van der Waals surface area contributed by atoms with Crippen molar-refractivity contribution in [3.8, 4) is 0 Å². The standard InChI is InChI=1S/C126H144.C4H9O.C2H6.CH4.Hf/c1-67-43-68(2)104-55-103(67)91-31-25-32-93-105-56-107(71(5)44-69(105)3)96-37-28-38-99-112-59-110(74(8)47-76(112)10)98(120-63-119(93)83(17)51-84(120)18)39-29-40-101-113-60-114(78(12)48-77(113)11)102(126-66-125(99)89(23)54-90(126)24)42-30-41-100-111-58-109(73(7)46-75(111)9)97(123-65-124(101)88(22)53-87(123)21)36-27-35-94(116-61-115(91)79(13)49-80(116)14)106-57-108(72(6)45-70(106)4)95(121-64-122(100)86(20)52-85(121)19)34-26-33-92(104)117-62-118(96)82(16)50-81(117)15;1-2-3-4-5;1-2;;/h43-66,91-102H,25-42H2,1-24H3;2,5H,3-4H2,1H3;1-2H3;1H4;/q;-1;;;/t91-,92?,93+,94+,95?,96?,97-,98-,99?,100?,101+,102?;;;;. The zero-order valence-corrected chi connectivity index (χ0v) is 91.0. The molecule has 0 fully saturated rings. The molecule has 0 saturated heterocycles. The molecule has 1 nitrogen and oxygen atoms in total. The molecule has 0 aliphatic heterocycles. The fraction of sp³-hybridized carbons (Fsp3) is 0.451. The van der Waals surface area contributed by atoms with Crippen LogP contribution in [0.25, 0.3) is 0 Å². The summed E-state index contributed by atoms with van der Waals surface area (Å²) in [5.41, 5.74) is 71.3. The molecule has 12 aromatic carbocycles. The van der Waals surface area contributed by atoms with Crippen LogP contribution in [0.3, 0.4) is 0 Å². The van der Waals surface area contributed by atoms with Crippen molar-refractivity contribution in [1.29, 1.82) is 0 Å². The second-order valence-electron chi connectivity index (χ2n) is 43.9. The van der Waals surface area contributed by atoms with E-state index in [1.807, 2.05) is 27.2 Å². The van der Waals surface area contributed by atoms with Crippen LogP contribution in [0.5, 0.6) is 0 Å². The average molecular weight is 1960 g/mol. The number of hydrogen-bond donors (Lipinski definition) is 1. The molecule has 0 saturated carbocycles. The number of fused-ring (bicyclic) bond motifs is 24. The van der Waals surface area contributed by atoms with E-state index in [0.29, 0.717) is 0 Å². The Morgan fingerprint density at radius 1 is 0.170 bits per heavy atom. The van der Waals surface area contributed by atoms with Gasteiger partial charge in [-0.05, 0) is 510 Å². The third-order valence-corrected chi connectivity index (χ3v) is 35.2. The molecule has 0 amide bonds. The van der Waals surface area contributed by atoms with E-state index in [0.717, 1.165) is 122 Å². The summed E-state index contributed by atoms with van der Waals surface area (Å²) in [6, 6.07) is 66.5. The molecule has 12 aromatic rings. The molecular weight excluding hydrogens is 1790 g/mol. The summed E-state index contributed by atoms with van der Waals surface area (Å²) < 4.78 is 0. The minimum atomic E-state index is 0. The fourth-order valence-electron chi connectivity index (χ4n) is 28.7. The SMILES string of the molecule is C.CC.C[CH-]CCO.Cc1cc(C)c2cc1C1CCCC3c4cc(c(C)cc4C)C4CCCC5c6cc(c(C)cc6C)C6CCCC2c2cc(c(C)cc2C)[C@H]2CCC[C@@H](c7cc1c(C)cc7C)c1cc(c(C)cc1C)[C@H](CCC[C@@H](c1cc4c(C)cc1C)c1cc(c(C)cc1C)[C@H](CCC[C@@H](c1cc6c(C)cc1C)c1cc2c(C)cc1C)c1cc5c(C)cc1C)c1cc3c(C)cc1C.[Hf]. The zero-order valence-electron chi connectivity index (χ0n) is 87.5. The summed E-state index contributed by atoms with van der Waals surface area (Å²) in [5, 5.41) is 8.04. The number of aryl methyl sites for hydroxylation is 24. The van der Waals surface area contributed by atoms with Gasteiger partial charge in [-0.3, -0.25) is 0 Å². The molecular formula is C133H163HfO-. The summed E-state index contributed by atoms with van der Waals surface area (Å²) in [7, 11) is 0. The fourth-order valence-corrected chi connectivity index (χ4v) is 28.7. The summed E-state index contributed by atoms with van der Waals surface area (Å²) in [4.78, 5) is 0. The molecule has 135 heavy (non-hydrogen) atoms. The number of hydrogen-bond acceptors (Lipinski definition) is 1. The molecule has 0 atom stereocenters. The maximum absolute atomic E-state index is 8.04. The monoisotopic (exact) mass is 1960 g/mol. The van der Waals surface area contributed by atoms with Crippen molar-refractivity contribution in [1.82, 2.24) is 0 Å². The van der Waals surface area contributed by atoms with Crippen LogP contribution in [0.2, 0.25) is 0 Å². The van der Waals surface area contributed by atoms with Crippen LogP contribution in [0.1, 0.15) is 488 Å². The molecule has 706 valence electrons. The molecule has 7 aliphatic rings. The van der Waals surface area contributed by atoms with E-state index < -0.39 is 0 Å². The van der Waals surface area contributed by atoms with Crippen LogP contribution in [0.15, 0.2) is 146 Å². The Morgan fingerprint density at radius 2 is 0.244 bits per heavy atom. The van der Waals surface area contributed by atoms with Gasteiger partial charge in [-0.25, -0.2) is 0 Å². The van der Waals surface area contributed by atoms with Gasteiger partial charge in [0.15, 0.2) is 0 Å². The summed E-state index contributed by atoms with van der Waals surface area (Å²) in [6.07, 6.45) is 21.9. The molecule has 0 aromatic heterocycles. The number of aliphatic hydroxyl groups excluding tert-OH is 1. The van der Waals surface area contributed by atoms with E-state index in [1.54, 1.807) is 0 Å². The predicted octanol–water partition coefficient (Wildman–Crippen LogP) is 36.3. The Morgan fingerprint density at radius 3 is 0.296 bits per heavy atom. The first-order chi connectivity index (χ1) is 63.8. The van der Waals surface area contributed by atoms with Gasteiger partial charge in [-0.15, -0.1) is 0 Å². The van der Waals surface area contributed by atoms with Crippen LogP contribution in [-0.4, -0.2) is 11.7 Å². The Bertz CT molecular complexity index is 5170. The van der Waals surface area contributed by atoms with Gasteiger partial charge in [-0.1, -0.05) is 205 Å². The van der Waals surface area contributed by atoms with E-state index >= 15 is 0 Å². The Hall–Kier alpha value is -8.53. The summed E-state index contributed by atoms with van der Waals surface area (Å²) in [6.45, 7) is 66.4. The van der Waals surface area contributed by atoms with E-state index in [1.165, 1.54) is 267 Å². The number of aliphatic hydroxyl groups is 1. The quantitative estimate of drug-likeness (QED) is 0.135. The Balaban J connectivity index is 0.00000149. The second kappa shape index (κ2) is 41.5. The summed E-state index contributed by atoms with van der Waals surface area (Å²) >= 11 is 0. The van der Waals surface area contributed by atoms with Gasteiger partial charge in [0.05, 0.1) is 0 Å². The van der Waals surface area contributed by atoms with Gasteiger partial charge < -0.3 is 11.5 Å². The van der Waals surface area contributed by atoms with Crippen LogP contribution in [0, 0.1) is 173 Å². The van der Waals surface area contributed by atoms with Crippen molar-refractivity contribution in [2.24, 2.45) is 0 Å². The van der Waals surface area contributed by atoms with Gasteiger partial charge in [0.2, 0.25) is 0 Å². The molecule has 7 aliphatic carbocycles. The third kappa shape index (κ3) is 19.0. The number of rotatable bonds is 2. The van der Waals surface area contributed by atoms with Crippen LogP contribution in [0.4, 0.5) is 0 Å². The van der Waals surface area contributed by atoms with Crippen LogP contribution in [-0.2, 0) is 25.8 Å². The van der Waals surface area contributed by atoms with E-state index in [4.69, 9.17) is 5.11 Å². The van der Waals surface area contributed by atoms with E-state index in [9.17, 15) is 0 Å². The smallest absolute Gasteiger partial charge is 0.0161 e. The normalized spacial score (nSPS) is 21.5. The Labute approximate surface area is 837 Å². The van der Waals surface area contributed by atoms with Crippen molar-refractivity contribution in [3.63, 3.8) is 0 Å². The Kier molecular flexibility index (Phi) is 31.0. The molecule has 2 heteroatoms. The van der Waals surface area contributed by atoms with Crippen molar-refractivity contribution in [3.05, 3.63) is 419 Å². The molecule has 0 unspecified atom stereocenters. The molecule has 0 radical (unpaired) electrons. The zero-order chi connectivity index (χ0) is 94.5. The van der Waals surface area contributed by atoms with E-state index in [-0.39, 0.29) is 111 Å². The van der Waals surface area contributed by atoms with Crippen LogP contribution >= 0.6 is 0 Å². The van der Waals surface area contributed by atoms with E-state index in [2.05, 4.69) is 312 Å². The van der Waals surface area contributed by atoms with Crippen molar-refractivity contribution >= 4 is 0 Å². The first-order valence-corrected chi connectivity index (χ1v) is 52.5. The molecule has 19 rings (SSSR count). The maximum atomic E-state index is 8.04. The van der Waals surface area contributed by atoms with Gasteiger partial charge >= 0.3 is 0 Å². The average Bonchev–Trinajstić information content (AvgIpc) is 0.756. The van der Waals surface area contributed by atoms with Crippen molar-refractivity contribution < 1.29 is 30.9 Å². The van der Waals surface area contributed by atoms with Gasteiger partial charge in [-0.2, -0.15) is 13.3 Å². The number of unbranched alkanes of at least 4 members (excludes halogenated alkanes) is 1. The first-order valence-electron chi connectivity index (χ1n) is 52.5. The molecule has 1 N–H and O–H groups in total. The third-order valence-electron chi connectivity index (χ3n) is 35.2. The largest absolute Gasteiger partial charge is 0.399 e. The topological polar surface area (TPSA) is 20.2 Å². The van der Waals surface area contributed by atoms with Crippen molar-refractivity contribution in [2.45, 2.75) is 387 Å². The molecule has 0 heterocycles. The minimum Gasteiger partial charge on any atom is -0.399 e. The predicted molar refractivity (Wildman–Crippen MR) is 576 cm³/mol. The van der Waals surface area contributed by atoms with Crippen molar-refractivity contribution in [2.75, 3.05) is 6.61 Å². The van der Waals surface area contributed by atoms with Crippen LogP contribution < -0.4 is 0 Å².